The Kier molecular flexibility index (Phi) is 2.09. The molecule has 10 heavy (non-hydrogen) atoms. The van der Waals surface area contributed by atoms with Gasteiger partial charge in [0.15, 0.2) is 0 Å². The number of nitrogens with two attached hydrogens (primary N) is 1. The van der Waals surface area contributed by atoms with Crippen molar-refractivity contribution in [1.29, 1.82) is 0 Å². The van der Waals surface area contributed by atoms with Crippen LogP contribution in [-0.2, 0) is 0 Å². The zero-order valence-electron chi connectivity index (χ0n) is 5.44. The molecule has 2 N–H and O–H groups in total. The van der Waals surface area contributed by atoms with E-state index in [1.807, 2.05) is 0 Å². The van der Waals surface area contributed by atoms with Crippen LogP contribution >= 0.6 is 0 Å². The Hall–Kier alpha value is -0.800. The van der Waals surface area contributed by atoms with E-state index in [0.717, 1.165) is 0 Å². The highest BCUT2D eigenvalue weighted by molar-refractivity contribution is 4.90. The molecule has 0 saturated heterocycles. The summed E-state index contributed by atoms with van der Waals surface area (Å²) in [5.74, 6) is 0. The average molecular weight is 144 g/mol. The first-order valence-corrected chi connectivity index (χ1v) is 3.18. The molecular formula is C5H9FN4. The molecule has 3 unspecified atom stereocenters. The molecule has 5 heteroatoms. The van der Waals surface area contributed by atoms with Crippen molar-refractivity contribution < 1.29 is 4.39 Å². The van der Waals surface area contributed by atoms with Crippen LogP contribution in [-0.4, -0.2) is 18.3 Å². The second-order valence-corrected chi connectivity index (χ2v) is 2.51. The van der Waals surface area contributed by atoms with Crippen molar-refractivity contribution in [3.05, 3.63) is 10.4 Å². The van der Waals surface area contributed by atoms with Crippen molar-refractivity contribution in [2.24, 2.45) is 10.8 Å². The first-order valence-electron chi connectivity index (χ1n) is 3.18. The molecule has 1 aliphatic rings. The van der Waals surface area contributed by atoms with Crippen LogP contribution in [0.4, 0.5) is 4.39 Å². The highest BCUT2D eigenvalue weighted by Crippen LogP contribution is 2.23. The fraction of sp³-hybridized carbons (Fsp3) is 1.00. The second-order valence-electron chi connectivity index (χ2n) is 2.51. The van der Waals surface area contributed by atoms with Gasteiger partial charge in [-0.25, -0.2) is 4.39 Å². The van der Waals surface area contributed by atoms with E-state index in [0.29, 0.717) is 6.42 Å². The summed E-state index contributed by atoms with van der Waals surface area (Å²) in [4.78, 5) is 2.59. The van der Waals surface area contributed by atoms with Crippen molar-refractivity contribution in [2.75, 3.05) is 0 Å². The fourth-order valence-electron chi connectivity index (χ4n) is 1.16. The molecule has 0 aromatic rings. The molecule has 0 aliphatic heterocycles. The molecule has 0 aromatic heterocycles. The molecular weight excluding hydrogens is 135 g/mol. The Labute approximate surface area is 57.8 Å². The van der Waals surface area contributed by atoms with Gasteiger partial charge in [-0.1, -0.05) is 5.11 Å². The minimum absolute atomic E-state index is 0.227. The second kappa shape index (κ2) is 2.86. The fourth-order valence-corrected chi connectivity index (χ4v) is 1.16. The quantitative estimate of drug-likeness (QED) is 0.334. The van der Waals surface area contributed by atoms with Crippen LogP contribution < -0.4 is 5.73 Å². The van der Waals surface area contributed by atoms with Crippen LogP contribution in [0, 0.1) is 0 Å². The highest BCUT2D eigenvalue weighted by atomic mass is 19.1. The van der Waals surface area contributed by atoms with Gasteiger partial charge in [-0.15, -0.1) is 0 Å². The lowest BCUT2D eigenvalue weighted by Crippen LogP contribution is -2.25. The molecule has 56 valence electrons. The molecule has 0 aromatic carbocycles. The van der Waals surface area contributed by atoms with Crippen molar-refractivity contribution in [2.45, 2.75) is 31.1 Å². The van der Waals surface area contributed by atoms with Crippen LogP contribution in [0.2, 0.25) is 0 Å². The molecule has 4 nitrogen and oxygen atoms in total. The molecule has 0 spiro atoms. The predicted octanol–water partition coefficient (Wildman–Crippen LogP) is 1.12. The third-order valence-electron chi connectivity index (χ3n) is 1.72. The number of hydrogen-bond donors (Lipinski definition) is 1. The van der Waals surface area contributed by atoms with E-state index in [-0.39, 0.29) is 12.5 Å². The molecule has 0 amide bonds. The Morgan fingerprint density at radius 1 is 1.60 bits per heavy atom. The third-order valence-corrected chi connectivity index (χ3v) is 1.72. The van der Waals surface area contributed by atoms with Gasteiger partial charge in [-0.2, -0.15) is 0 Å². The zero-order valence-corrected chi connectivity index (χ0v) is 5.44. The zero-order chi connectivity index (χ0) is 7.56. The van der Waals surface area contributed by atoms with Gasteiger partial charge in [-0.05, 0) is 18.4 Å². The Morgan fingerprint density at radius 2 is 2.30 bits per heavy atom. The van der Waals surface area contributed by atoms with Crippen LogP contribution in [0.25, 0.3) is 10.4 Å². The van der Waals surface area contributed by atoms with Gasteiger partial charge in [0.25, 0.3) is 0 Å². The van der Waals surface area contributed by atoms with Gasteiger partial charge >= 0.3 is 0 Å². The number of azide groups is 1. The van der Waals surface area contributed by atoms with Gasteiger partial charge in [0.1, 0.15) is 6.17 Å². The lowest BCUT2D eigenvalue weighted by atomic mass is 10.2. The van der Waals surface area contributed by atoms with E-state index in [4.69, 9.17) is 11.3 Å². The molecule has 0 bridgehead atoms. The van der Waals surface area contributed by atoms with Crippen LogP contribution in [0.1, 0.15) is 12.8 Å². The number of nitrogens with zero attached hydrogens (tertiary/aromatic N) is 3. The van der Waals surface area contributed by atoms with E-state index < -0.39 is 12.2 Å². The average Bonchev–Trinajstić information content (AvgIpc) is 2.14. The van der Waals surface area contributed by atoms with Gasteiger partial charge in [0.2, 0.25) is 0 Å². The minimum Gasteiger partial charge on any atom is -0.325 e. The summed E-state index contributed by atoms with van der Waals surface area (Å²) in [6.45, 7) is 0. The molecule has 1 aliphatic carbocycles. The smallest absolute Gasteiger partial charge is 0.116 e. The summed E-state index contributed by atoms with van der Waals surface area (Å²) >= 11 is 0. The maximum Gasteiger partial charge on any atom is 0.116 e. The predicted molar refractivity (Wildman–Crippen MR) is 35.0 cm³/mol. The molecule has 1 fully saturated rings. The molecule has 0 radical (unpaired) electrons. The first-order chi connectivity index (χ1) is 4.74. The monoisotopic (exact) mass is 144 g/mol. The van der Waals surface area contributed by atoms with Crippen LogP contribution in [0.5, 0.6) is 0 Å². The highest BCUT2D eigenvalue weighted by Gasteiger charge is 2.30. The third kappa shape index (κ3) is 1.37. The number of halogens is 1. The largest absolute Gasteiger partial charge is 0.325 e. The van der Waals surface area contributed by atoms with Crippen LogP contribution in [0.15, 0.2) is 5.11 Å². The lowest BCUT2D eigenvalue weighted by molar-refractivity contribution is 0.311. The standard InChI is InChI=1S/C5H9FN4/c6-4-1-3(9-10-8)2-5(4)7/h3-5H,1-2,7H2. The molecule has 1 rings (SSSR count). The van der Waals surface area contributed by atoms with Crippen molar-refractivity contribution >= 4 is 0 Å². The Balaban J connectivity index is 2.48. The summed E-state index contributed by atoms with van der Waals surface area (Å²) in [6, 6.07) is -0.662. The number of hydrogen-bond acceptors (Lipinski definition) is 2. The summed E-state index contributed by atoms with van der Waals surface area (Å²) < 4.78 is 12.6. The molecule has 3 atom stereocenters. The summed E-state index contributed by atoms with van der Waals surface area (Å²) in [7, 11) is 0. The SMILES string of the molecule is [N-]=[N+]=NC1CC(N)C(F)C1. The van der Waals surface area contributed by atoms with Gasteiger partial charge in [0, 0.05) is 17.0 Å². The van der Waals surface area contributed by atoms with Crippen molar-refractivity contribution in [3.8, 4) is 0 Å². The van der Waals surface area contributed by atoms with Crippen molar-refractivity contribution in [3.63, 3.8) is 0 Å². The molecule has 0 heterocycles. The van der Waals surface area contributed by atoms with Crippen molar-refractivity contribution in [1.82, 2.24) is 0 Å². The summed E-state index contributed by atoms with van der Waals surface area (Å²) in [6.07, 6.45) is -0.230. The van der Waals surface area contributed by atoms with Gasteiger partial charge < -0.3 is 5.73 Å². The van der Waals surface area contributed by atoms with E-state index in [2.05, 4.69) is 10.0 Å². The number of rotatable bonds is 1. The number of alkyl halides is 1. The van der Waals surface area contributed by atoms with Gasteiger partial charge in [0.05, 0.1) is 0 Å². The molecule has 1 saturated carbocycles. The topological polar surface area (TPSA) is 74.8 Å². The normalized spacial score (nSPS) is 39.2. The maximum atomic E-state index is 12.6. The summed E-state index contributed by atoms with van der Waals surface area (Å²) in [5, 5.41) is 3.38. The van der Waals surface area contributed by atoms with E-state index in [1.54, 1.807) is 0 Å². The Morgan fingerprint density at radius 3 is 2.70 bits per heavy atom. The van der Waals surface area contributed by atoms with Crippen LogP contribution in [0.3, 0.4) is 0 Å². The van der Waals surface area contributed by atoms with Gasteiger partial charge in [-0.3, -0.25) is 0 Å². The van der Waals surface area contributed by atoms with E-state index >= 15 is 0 Å². The van der Waals surface area contributed by atoms with E-state index in [1.165, 1.54) is 0 Å². The van der Waals surface area contributed by atoms with E-state index in [9.17, 15) is 4.39 Å². The Bertz CT molecular complexity index is 155. The minimum atomic E-state index is -0.990. The lowest BCUT2D eigenvalue weighted by Gasteiger charge is -2.01. The summed E-state index contributed by atoms with van der Waals surface area (Å²) in [5.41, 5.74) is 13.3. The first kappa shape index (κ1) is 7.31. The maximum absolute atomic E-state index is 12.6.